The number of hydrogen-bond acceptors (Lipinski definition) is 5. The van der Waals surface area contributed by atoms with Crippen LogP contribution >= 0.6 is 0 Å². The molecule has 5 heteroatoms. The highest BCUT2D eigenvalue weighted by Gasteiger charge is 2.41. The maximum Gasteiger partial charge on any atom is 0.267 e. The van der Waals surface area contributed by atoms with Gasteiger partial charge < -0.3 is 4.74 Å². The van der Waals surface area contributed by atoms with E-state index in [-0.39, 0.29) is 6.61 Å². The molecule has 0 fully saturated rings. The molecule has 0 rings (SSSR count). The molecule has 13 heavy (non-hydrogen) atoms. The molecule has 0 spiro atoms. The zero-order valence-electron chi connectivity index (χ0n) is 6.98. The van der Waals surface area contributed by atoms with Gasteiger partial charge in [-0.15, -0.1) is 0 Å². The van der Waals surface area contributed by atoms with Gasteiger partial charge in [0.2, 0.25) is 0 Å². The summed E-state index contributed by atoms with van der Waals surface area (Å²) in [7, 11) is 0. The second-order valence-corrected chi connectivity index (χ2v) is 2.11. The summed E-state index contributed by atoms with van der Waals surface area (Å²) in [6, 6.07) is 6.05. The lowest BCUT2D eigenvalue weighted by atomic mass is 9.87. The average Bonchev–Trinajstić information content (AvgIpc) is 2.19. The highest BCUT2D eigenvalue weighted by Crippen LogP contribution is 2.21. The first-order valence-corrected chi connectivity index (χ1v) is 3.45. The van der Waals surface area contributed by atoms with Crippen LogP contribution in [0.15, 0.2) is 0 Å². The molecule has 0 saturated heterocycles. The lowest BCUT2D eigenvalue weighted by molar-refractivity contribution is 0.0695. The maximum atomic E-state index is 8.58. The smallest absolute Gasteiger partial charge is 0.267 e. The molecular formula is C8H6N4O. The van der Waals surface area contributed by atoms with Crippen LogP contribution in [-0.4, -0.2) is 12.7 Å². The molecule has 0 saturated carbocycles. The first-order valence-electron chi connectivity index (χ1n) is 3.45. The van der Waals surface area contributed by atoms with Crippen molar-refractivity contribution in [3.8, 4) is 24.3 Å². The minimum absolute atomic E-state index is 0.172. The molecule has 1 unspecified atom stereocenters. The van der Waals surface area contributed by atoms with E-state index in [9.17, 15) is 0 Å². The first-order chi connectivity index (χ1) is 6.20. The van der Waals surface area contributed by atoms with Crippen LogP contribution in [0, 0.1) is 50.7 Å². The van der Waals surface area contributed by atoms with Crippen molar-refractivity contribution in [3.05, 3.63) is 0 Å². The lowest BCUT2D eigenvalue weighted by Crippen LogP contribution is -2.32. The lowest BCUT2D eigenvalue weighted by Gasteiger charge is -2.15. The molecule has 5 nitrogen and oxygen atoms in total. The molecule has 1 atom stereocenters. The molecule has 0 N–H and O–H groups in total. The van der Waals surface area contributed by atoms with E-state index in [1.54, 1.807) is 13.0 Å². The Balaban J connectivity index is 5.00. The Bertz CT molecular complexity index is 299. The third-order valence-electron chi connectivity index (χ3n) is 1.37. The van der Waals surface area contributed by atoms with Crippen LogP contribution in [0.5, 0.6) is 0 Å². The highest BCUT2D eigenvalue weighted by molar-refractivity contribution is 5.32. The predicted molar refractivity (Wildman–Crippen MR) is 40.3 cm³/mol. The van der Waals surface area contributed by atoms with Crippen molar-refractivity contribution < 1.29 is 4.74 Å². The van der Waals surface area contributed by atoms with Crippen molar-refractivity contribution in [2.45, 2.75) is 13.0 Å². The number of nitriles is 4. The van der Waals surface area contributed by atoms with Crippen LogP contribution in [0.3, 0.4) is 0 Å². The summed E-state index contributed by atoms with van der Waals surface area (Å²) in [6.07, 6.45) is -1.32. The van der Waals surface area contributed by atoms with Crippen LogP contribution in [0.2, 0.25) is 0 Å². The molecular weight excluding hydrogens is 168 g/mol. The van der Waals surface area contributed by atoms with Gasteiger partial charge in [-0.1, -0.05) is 0 Å². The van der Waals surface area contributed by atoms with Gasteiger partial charge in [0.15, 0.2) is 6.10 Å². The third-order valence-corrected chi connectivity index (χ3v) is 1.37. The average molecular weight is 174 g/mol. The van der Waals surface area contributed by atoms with Crippen molar-refractivity contribution in [1.29, 1.82) is 21.0 Å². The minimum atomic E-state index is -2.02. The van der Waals surface area contributed by atoms with Gasteiger partial charge in [-0.3, -0.25) is 0 Å². The van der Waals surface area contributed by atoms with Crippen molar-refractivity contribution in [3.63, 3.8) is 0 Å². The maximum absolute atomic E-state index is 8.58. The van der Waals surface area contributed by atoms with Crippen LogP contribution in [-0.2, 0) is 4.74 Å². The molecule has 0 radical (unpaired) electrons. The second kappa shape index (κ2) is 4.73. The van der Waals surface area contributed by atoms with Gasteiger partial charge in [-0.2, -0.15) is 21.0 Å². The van der Waals surface area contributed by atoms with Gasteiger partial charge in [-0.05, 0) is 6.92 Å². The third kappa shape index (κ3) is 1.94. The number of ether oxygens (including phenoxy) is 1. The SMILES string of the molecule is CCOC(C#N)C(C#N)(C#N)C#N. The fourth-order valence-corrected chi connectivity index (χ4v) is 0.677. The van der Waals surface area contributed by atoms with Crippen LogP contribution < -0.4 is 0 Å². The predicted octanol–water partition coefficient (Wildman–Crippen LogP) is 0.472. The van der Waals surface area contributed by atoms with Crippen LogP contribution in [0.1, 0.15) is 6.92 Å². The molecule has 0 aromatic heterocycles. The Morgan fingerprint density at radius 1 is 1.15 bits per heavy atom. The molecule has 0 aliphatic heterocycles. The summed E-state index contributed by atoms with van der Waals surface area (Å²) < 4.78 is 4.80. The zero-order chi connectivity index (χ0) is 10.3. The Labute approximate surface area is 76.0 Å². The van der Waals surface area contributed by atoms with Gasteiger partial charge >= 0.3 is 0 Å². The summed E-state index contributed by atoms with van der Waals surface area (Å²) in [4.78, 5) is 0. The van der Waals surface area contributed by atoms with Crippen molar-refractivity contribution >= 4 is 0 Å². The van der Waals surface area contributed by atoms with E-state index >= 15 is 0 Å². The van der Waals surface area contributed by atoms with Gasteiger partial charge in [0.1, 0.15) is 18.2 Å². The van der Waals surface area contributed by atoms with E-state index < -0.39 is 11.5 Å². The Morgan fingerprint density at radius 3 is 1.85 bits per heavy atom. The summed E-state index contributed by atoms with van der Waals surface area (Å²) in [5, 5.41) is 34.3. The summed E-state index contributed by atoms with van der Waals surface area (Å²) >= 11 is 0. The van der Waals surface area contributed by atoms with Crippen LogP contribution in [0.4, 0.5) is 0 Å². The first kappa shape index (κ1) is 10.9. The van der Waals surface area contributed by atoms with Gasteiger partial charge in [0.05, 0.1) is 6.07 Å². The summed E-state index contributed by atoms with van der Waals surface area (Å²) in [5.41, 5.74) is -2.02. The molecule has 0 aliphatic rings. The largest absolute Gasteiger partial charge is 0.360 e. The minimum Gasteiger partial charge on any atom is -0.360 e. The Morgan fingerprint density at radius 2 is 1.62 bits per heavy atom. The van der Waals surface area contributed by atoms with Crippen molar-refractivity contribution in [2.75, 3.05) is 6.61 Å². The van der Waals surface area contributed by atoms with E-state index in [4.69, 9.17) is 25.8 Å². The van der Waals surface area contributed by atoms with E-state index in [1.165, 1.54) is 18.2 Å². The van der Waals surface area contributed by atoms with E-state index in [0.29, 0.717) is 0 Å². The molecule has 0 amide bonds. The highest BCUT2D eigenvalue weighted by atomic mass is 16.5. The zero-order valence-corrected chi connectivity index (χ0v) is 6.98. The fourth-order valence-electron chi connectivity index (χ4n) is 0.677. The summed E-state index contributed by atoms with van der Waals surface area (Å²) in [6.45, 7) is 1.78. The van der Waals surface area contributed by atoms with E-state index in [0.717, 1.165) is 0 Å². The van der Waals surface area contributed by atoms with Gasteiger partial charge in [0.25, 0.3) is 5.41 Å². The van der Waals surface area contributed by atoms with Crippen molar-refractivity contribution in [1.82, 2.24) is 0 Å². The molecule has 64 valence electrons. The van der Waals surface area contributed by atoms with Gasteiger partial charge in [0, 0.05) is 6.61 Å². The summed E-state index contributed by atoms with van der Waals surface area (Å²) in [5.74, 6) is 0. The molecule has 0 heterocycles. The number of hydrogen-bond donors (Lipinski definition) is 0. The second-order valence-electron chi connectivity index (χ2n) is 2.11. The van der Waals surface area contributed by atoms with Crippen molar-refractivity contribution in [2.24, 2.45) is 5.41 Å². The normalized spacial score (nSPS) is 11.5. The monoisotopic (exact) mass is 174 g/mol. The standard InChI is InChI=1S/C8H6N4O/c1-2-13-7(3-9)8(4-10,5-11)6-12/h7H,2H2,1H3. The van der Waals surface area contributed by atoms with E-state index in [1.807, 2.05) is 0 Å². The van der Waals surface area contributed by atoms with Gasteiger partial charge in [-0.25, -0.2) is 0 Å². The number of rotatable bonds is 3. The molecule has 0 aromatic rings. The topological polar surface area (TPSA) is 104 Å². The Hall–Kier alpha value is -2.08. The Kier molecular flexibility index (Phi) is 3.97. The van der Waals surface area contributed by atoms with Crippen LogP contribution in [0.25, 0.3) is 0 Å². The molecule has 0 aromatic carbocycles. The van der Waals surface area contributed by atoms with E-state index in [2.05, 4.69) is 0 Å². The molecule has 0 aliphatic carbocycles. The fraction of sp³-hybridized carbons (Fsp3) is 0.500. The quantitative estimate of drug-likeness (QED) is 0.618. The molecule has 0 bridgehead atoms. The number of nitrogens with zero attached hydrogens (tertiary/aromatic N) is 4.